The summed E-state index contributed by atoms with van der Waals surface area (Å²) in [5.74, 6) is 0.113. The fraction of sp³-hybridized carbons (Fsp3) is 0.250. The van der Waals surface area contributed by atoms with Crippen molar-refractivity contribution >= 4 is 32.7 Å². The van der Waals surface area contributed by atoms with Gasteiger partial charge in [-0.1, -0.05) is 33.6 Å². The average Bonchev–Trinajstić information content (AvgIpc) is 2.78. The number of carbonyl (C=O) groups is 1. The lowest BCUT2D eigenvalue weighted by atomic mass is 10.1. The minimum absolute atomic E-state index is 0.113. The van der Waals surface area contributed by atoms with E-state index in [2.05, 4.69) is 46.0 Å². The molecule has 1 N–H and O–H groups in total. The first-order valence-electron chi connectivity index (χ1n) is 8.27. The molecule has 3 nitrogen and oxygen atoms in total. The Balaban J connectivity index is 1.61. The fourth-order valence-electron chi connectivity index (χ4n) is 3.53. The third kappa shape index (κ3) is 2.75. The number of aromatic nitrogens is 1. The van der Waals surface area contributed by atoms with Crippen molar-refractivity contribution in [1.29, 1.82) is 0 Å². The van der Waals surface area contributed by atoms with Crippen LogP contribution in [0, 0.1) is 6.92 Å². The van der Waals surface area contributed by atoms with Crippen molar-refractivity contribution in [3.63, 3.8) is 0 Å². The first-order valence-corrected chi connectivity index (χ1v) is 9.06. The number of nitrogens with zero attached hydrogens (tertiary/aromatic N) is 1. The molecule has 0 spiro atoms. The number of hydrogen-bond acceptors (Lipinski definition) is 1. The molecular weight excluding hydrogens is 364 g/mol. The summed E-state index contributed by atoms with van der Waals surface area (Å²) >= 11 is 3.45. The Morgan fingerprint density at radius 1 is 1.12 bits per heavy atom. The summed E-state index contributed by atoms with van der Waals surface area (Å²) in [6.07, 6.45) is 1.78. The molecule has 4 rings (SSSR count). The molecule has 24 heavy (non-hydrogen) atoms. The van der Waals surface area contributed by atoms with Crippen LogP contribution in [-0.4, -0.2) is 28.9 Å². The molecule has 1 aromatic heterocycles. The van der Waals surface area contributed by atoms with Crippen LogP contribution < -0.4 is 0 Å². The van der Waals surface area contributed by atoms with Gasteiger partial charge >= 0.3 is 0 Å². The Hall–Kier alpha value is -2.07. The van der Waals surface area contributed by atoms with Crippen LogP contribution in [0.2, 0.25) is 0 Å². The van der Waals surface area contributed by atoms with Crippen molar-refractivity contribution in [3.05, 3.63) is 69.3 Å². The van der Waals surface area contributed by atoms with Crippen molar-refractivity contribution in [3.8, 4) is 0 Å². The van der Waals surface area contributed by atoms with E-state index < -0.39 is 0 Å². The van der Waals surface area contributed by atoms with E-state index in [0.29, 0.717) is 0 Å². The number of halogens is 1. The number of rotatable bonds is 1. The Morgan fingerprint density at radius 2 is 1.96 bits per heavy atom. The fourth-order valence-corrected chi connectivity index (χ4v) is 3.93. The summed E-state index contributed by atoms with van der Waals surface area (Å²) in [6.45, 7) is 3.64. The van der Waals surface area contributed by atoms with Crippen molar-refractivity contribution in [2.75, 3.05) is 13.1 Å². The van der Waals surface area contributed by atoms with Gasteiger partial charge in [0.05, 0.1) is 0 Å². The van der Waals surface area contributed by atoms with E-state index in [1.165, 1.54) is 27.7 Å². The van der Waals surface area contributed by atoms with Gasteiger partial charge in [0.2, 0.25) is 0 Å². The molecule has 0 unspecified atom stereocenters. The molecule has 4 heteroatoms. The molecule has 1 aliphatic heterocycles. The van der Waals surface area contributed by atoms with Crippen LogP contribution in [-0.2, 0) is 12.8 Å². The Kier molecular flexibility index (Phi) is 3.93. The normalized spacial score (nSPS) is 14.5. The topological polar surface area (TPSA) is 36.1 Å². The van der Waals surface area contributed by atoms with Crippen molar-refractivity contribution < 1.29 is 4.79 Å². The highest BCUT2D eigenvalue weighted by Crippen LogP contribution is 2.27. The second-order valence-corrected chi connectivity index (χ2v) is 7.35. The first kappa shape index (κ1) is 15.5. The number of hydrogen-bond donors (Lipinski definition) is 1. The summed E-state index contributed by atoms with van der Waals surface area (Å²) in [5, 5.41) is 1.31. The zero-order chi connectivity index (χ0) is 16.7. The van der Waals surface area contributed by atoms with Crippen molar-refractivity contribution in [2.24, 2.45) is 0 Å². The molecule has 2 heterocycles. The maximum atomic E-state index is 12.8. The third-order valence-corrected chi connectivity index (χ3v) is 5.27. The second kappa shape index (κ2) is 6.10. The van der Waals surface area contributed by atoms with Gasteiger partial charge in [0, 0.05) is 46.1 Å². The molecule has 0 bridgehead atoms. The van der Waals surface area contributed by atoms with Crippen LogP contribution in [0.1, 0.15) is 27.2 Å². The SMILES string of the molecule is Cc1ccc2[nH]c3c(c2c1)CCN(C(=O)c1cccc(Br)c1)CC3. The van der Waals surface area contributed by atoms with Crippen LogP contribution in [0.15, 0.2) is 46.9 Å². The van der Waals surface area contributed by atoms with Crippen LogP contribution in [0.3, 0.4) is 0 Å². The average molecular weight is 383 g/mol. The molecule has 0 saturated heterocycles. The highest BCUT2D eigenvalue weighted by molar-refractivity contribution is 9.10. The van der Waals surface area contributed by atoms with Crippen molar-refractivity contribution in [1.82, 2.24) is 9.88 Å². The zero-order valence-electron chi connectivity index (χ0n) is 13.6. The zero-order valence-corrected chi connectivity index (χ0v) is 15.2. The molecule has 1 amide bonds. The molecule has 122 valence electrons. The lowest BCUT2D eigenvalue weighted by molar-refractivity contribution is 0.0763. The quantitative estimate of drug-likeness (QED) is 0.661. The summed E-state index contributed by atoms with van der Waals surface area (Å²) in [6, 6.07) is 14.2. The minimum atomic E-state index is 0.113. The highest BCUT2D eigenvalue weighted by atomic mass is 79.9. The van der Waals surface area contributed by atoms with E-state index in [1.807, 2.05) is 29.2 Å². The summed E-state index contributed by atoms with van der Waals surface area (Å²) in [7, 11) is 0. The second-order valence-electron chi connectivity index (χ2n) is 6.43. The van der Waals surface area contributed by atoms with E-state index in [9.17, 15) is 4.79 Å². The molecule has 1 aliphatic rings. The molecule has 3 aromatic rings. The summed E-state index contributed by atoms with van der Waals surface area (Å²) < 4.78 is 0.940. The highest BCUT2D eigenvalue weighted by Gasteiger charge is 2.22. The van der Waals surface area contributed by atoms with Crippen molar-refractivity contribution in [2.45, 2.75) is 19.8 Å². The number of aryl methyl sites for hydroxylation is 1. The molecule has 0 saturated carbocycles. The van der Waals surface area contributed by atoms with Gasteiger partial charge in [0.15, 0.2) is 0 Å². The predicted octanol–water partition coefficient (Wildman–Crippen LogP) is 4.48. The van der Waals surface area contributed by atoms with E-state index in [0.717, 1.165) is 36.0 Å². The lowest BCUT2D eigenvalue weighted by Gasteiger charge is -2.20. The predicted molar refractivity (Wildman–Crippen MR) is 100 cm³/mol. The first-order chi connectivity index (χ1) is 11.6. The minimum Gasteiger partial charge on any atom is -0.358 e. The van der Waals surface area contributed by atoms with E-state index in [1.54, 1.807) is 0 Å². The van der Waals surface area contributed by atoms with E-state index in [-0.39, 0.29) is 5.91 Å². The molecular formula is C20H19BrN2O. The van der Waals surface area contributed by atoms with Crippen LogP contribution in [0.4, 0.5) is 0 Å². The van der Waals surface area contributed by atoms with Gasteiger partial charge in [-0.3, -0.25) is 4.79 Å². The molecule has 0 aliphatic carbocycles. The van der Waals surface area contributed by atoms with Gasteiger partial charge in [-0.2, -0.15) is 0 Å². The molecule has 2 aromatic carbocycles. The van der Waals surface area contributed by atoms with Gasteiger partial charge in [-0.05, 0) is 49.2 Å². The van der Waals surface area contributed by atoms with Crippen LogP contribution in [0.25, 0.3) is 10.9 Å². The Bertz CT molecular complexity index is 929. The van der Waals surface area contributed by atoms with Gasteiger partial charge in [0.25, 0.3) is 5.91 Å². The van der Waals surface area contributed by atoms with Crippen LogP contribution in [0.5, 0.6) is 0 Å². The molecule has 0 atom stereocenters. The number of benzene rings is 2. The maximum absolute atomic E-state index is 12.8. The number of nitrogens with one attached hydrogen (secondary N) is 1. The number of aromatic amines is 1. The number of H-pyrrole nitrogens is 1. The van der Waals surface area contributed by atoms with Gasteiger partial charge < -0.3 is 9.88 Å². The van der Waals surface area contributed by atoms with Crippen LogP contribution >= 0.6 is 15.9 Å². The van der Waals surface area contributed by atoms with Gasteiger partial charge in [-0.25, -0.2) is 0 Å². The molecule has 0 radical (unpaired) electrons. The Labute approximate surface area is 149 Å². The summed E-state index contributed by atoms with van der Waals surface area (Å²) in [4.78, 5) is 18.3. The standard InChI is InChI=1S/C20H19BrN2O/c1-13-5-6-18-17(11-13)16-7-9-23(10-8-19(16)22-18)20(24)14-3-2-4-15(21)12-14/h2-6,11-12,22H,7-10H2,1H3. The monoisotopic (exact) mass is 382 g/mol. The number of amides is 1. The van der Waals surface area contributed by atoms with E-state index >= 15 is 0 Å². The van der Waals surface area contributed by atoms with Gasteiger partial charge in [-0.15, -0.1) is 0 Å². The lowest BCUT2D eigenvalue weighted by Crippen LogP contribution is -2.33. The summed E-state index contributed by atoms with van der Waals surface area (Å²) in [5.41, 5.74) is 5.88. The number of fused-ring (bicyclic) bond motifs is 3. The number of carbonyl (C=O) groups excluding carboxylic acids is 1. The maximum Gasteiger partial charge on any atom is 0.253 e. The largest absolute Gasteiger partial charge is 0.358 e. The van der Waals surface area contributed by atoms with Gasteiger partial charge in [0.1, 0.15) is 0 Å². The Morgan fingerprint density at radius 3 is 2.79 bits per heavy atom. The third-order valence-electron chi connectivity index (χ3n) is 4.77. The smallest absolute Gasteiger partial charge is 0.253 e. The van der Waals surface area contributed by atoms with E-state index in [4.69, 9.17) is 0 Å². The molecule has 0 fully saturated rings.